The molecule has 29 heavy (non-hydrogen) atoms. The van der Waals surface area contributed by atoms with Gasteiger partial charge in [-0.05, 0) is 56.2 Å². The van der Waals surface area contributed by atoms with Crippen molar-refractivity contribution < 1.29 is 12.8 Å². The maximum atomic E-state index is 13.0. The number of hydrogen-bond donors (Lipinski definition) is 1. The average molecular weight is 420 g/mol. The highest BCUT2D eigenvalue weighted by Crippen LogP contribution is 2.22. The summed E-state index contributed by atoms with van der Waals surface area (Å²) in [5.74, 6) is 0. The number of hydrogen-bond acceptors (Lipinski definition) is 4. The molecule has 5 nitrogen and oxygen atoms in total. The van der Waals surface area contributed by atoms with Gasteiger partial charge in [-0.2, -0.15) is 4.31 Å². The first-order chi connectivity index (χ1) is 13.7. The topological polar surface area (TPSA) is 52.7 Å². The molecule has 3 rings (SSSR count). The third-order valence-corrected chi connectivity index (χ3v) is 6.97. The van der Waals surface area contributed by atoms with Crippen molar-refractivity contribution >= 4 is 15.7 Å². The van der Waals surface area contributed by atoms with Gasteiger partial charge in [0.15, 0.2) is 0 Å². The third kappa shape index (κ3) is 5.56. The van der Waals surface area contributed by atoms with Crippen LogP contribution in [0.25, 0.3) is 0 Å². The first-order valence-corrected chi connectivity index (χ1v) is 11.4. The van der Waals surface area contributed by atoms with E-state index in [1.54, 1.807) is 18.2 Å². The van der Waals surface area contributed by atoms with E-state index in [9.17, 15) is 12.8 Å². The lowest BCUT2D eigenvalue weighted by Crippen LogP contribution is -2.48. The van der Waals surface area contributed by atoms with Crippen LogP contribution in [0.15, 0.2) is 53.4 Å². The molecule has 1 aliphatic rings. The average Bonchev–Trinajstić information content (AvgIpc) is 2.72. The first kappa shape index (κ1) is 21.7. The van der Waals surface area contributed by atoms with Crippen molar-refractivity contribution in [1.82, 2.24) is 9.62 Å². The minimum absolute atomic E-state index is 0.00808. The lowest BCUT2D eigenvalue weighted by Gasteiger charge is -2.35. The quantitative estimate of drug-likeness (QED) is 0.778. The number of nitrogens with zero attached hydrogens (tertiary/aromatic N) is 2. The Morgan fingerprint density at radius 3 is 2.21 bits per heavy atom. The fourth-order valence-electron chi connectivity index (χ4n) is 3.32. The van der Waals surface area contributed by atoms with E-state index >= 15 is 0 Å². The van der Waals surface area contributed by atoms with Gasteiger partial charge >= 0.3 is 0 Å². The molecule has 7 heteroatoms. The Bertz CT molecular complexity index is 916. The van der Waals surface area contributed by atoms with Crippen LogP contribution in [0.3, 0.4) is 0 Å². The van der Waals surface area contributed by atoms with Crippen molar-refractivity contribution in [3.63, 3.8) is 0 Å². The van der Waals surface area contributed by atoms with Gasteiger partial charge in [0.1, 0.15) is 6.67 Å². The molecule has 158 valence electrons. The fourth-order valence-corrected chi connectivity index (χ4v) is 4.74. The van der Waals surface area contributed by atoms with Crippen LogP contribution < -0.4 is 10.2 Å². The molecule has 0 amide bonds. The van der Waals surface area contributed by atoms with Crippen LogP contribution in [0.5, 0.6) is 0 Å². The standard InChI is InChI=1S/C22H30FN3O2S/c1-22(2,3)24-17-18-7-9-21(10-8-18)29(27,28)26-13-11-25(12-14-26)20-6-4-5-19(15-20)16-23/h4-10,15,24H,11-14,16-17H2,1-3H3. The van der Waals surface area contributed by atoms with Crippen molar-refractivity contribution in [2.24, 2.45) is 0 Å². The molecular weight excluding hydrogens is 389 g/mol. The predicted molar refractivity (Wildman–Crippen MR) is 115 cm³/mol. The van der Waals surface area contributed by atoms with Gasteiger partial charge in [-0.25, -0.2) is 12.8 Å². The number of sulfonamides is 1. The van der Waals surface area contributed by atoms with E-state index in [1.165, 1.54) is 4.31 Å². The summed E-state index contributed by atoms with van der Waals surface area (Å²) in [7, 11) is -3.51. The molecule has 1 saturated heterocycles. The molecule has 0 aliphatic carbocycles. The van der Waals surface area contributed by atoms with Crippen LogP contribution in [0.4, 0.5) is 10.1 Å². The molecule has 0 unspecified atom stereocenters. The van der Waals surface area contributed by atoms with Crippen LogP contribution >= 0.6 is 0 Å². The zero-order valence-corrected chi connectivity index (χ0v) is 18.2. The van der Waals surface area contributed by atoms with E-state index in [-0.39, 0.29) is 5.54 Å². The Balaban J connectivity index is 1.63. The van der Waals surface area contributed by atoms with E-state index < -0.39 is 16.7 Å². The van der Waals surface area contributed by atoms with Crippen molar-refractivity contribution in [3.05, 3.63) is 59.7 Å². The van der Waals surface area contributed by atoms with E-state index in [1.807, 2.05) is 30.3 Å². The molecule has 0 spiro atoms. The molecule has 0 saturated carbocycles. The maximum absolute atomic E-state index is 13.0. The first-order valence-electron chi connectivity index (χ1n) is 9.93. The van der Waals surface area contributed by atoms with Crippen molar-refractivity contribution in [2.75, 3.05) is 31.1 Å². The van der Waals surface area contributed by atoms with Crippen molar-refractivity contribution in [1.29, 1.82) is 0 Å². The zero-order chi connectivity index (χ0) is 21.1. The Hall–Kier alpha value is -1.96. The van der Waals surface area contributed by atoms with Gasteiger partial charge in [-0.15, -0.1) is 0 Å². The number of nitrogens with one attached hydrogen (secondary N) is 1. The van der Waals surface area contributed by atoms with Gasteiger partial charge in [-0.1, -0.05) is 24.3 Å². The molecule has 2 aromatic rings. The van der Waals surface area contributed by atoms with Gasteiger partial charge in [0.2, 0.25) is 10.0 Å². The minimum Gasteiger partial charge on any atom is -0.369 e. The number of anilines is 1. The molecule has 0 atom stereocenters. The molecule has 1 fully saturated rings. The lowest BCUT2D eigenvalue weighted by atomic mass is 10.1. The smallest absolute Gasteiger partial charge is 0.243 e. The number of alkyl halides is 1. The van der Waals surface area contributed by atoms with Crippen LogP contribution in [0.1, 0.15) is 31.9 Å². The molecule has 1 N–H and O–H groups in total. The van der Waals surface area contributed by atoms with Crippen LogP contribution in [0.2, 0.25) is 0 Å². The molecule has 0 aromatic heterocycles. The monoisotopic (exact) mass is 419 g/mol. The molecule has 0 radical (unpaired) electrons. The van der Waals surface area contributed by atoms with Crippen LogP contribution in [-0.2, 0) is 23.2 Å². The second kappa shape index (κ2) is 8.81. The Labute approximate surface area is 173 Å². The third-order valence-electron chi connectivity index (χ3n) is 5.05. The zero-order valence-electron chi connectivity index (χ0n) is 17.4. The normalized spacial score (nSPS) is 16.2. The van der Waals surface area contributed by atoms with E-state index in [0.29, 0.717) is 43.2 Å². The second-order valence-electron chi connectivity index (χ2n) is 8.44. The summed E-state index contributed by atoms with van der Waals surface area (Å²) in [6.45, 7) is 8.48. The van der Waals surface area contributed by atoms with Crippen LogP contribution in [-0.4, -0.2) is 44.4 Å². The molecule has 0 bridgehead atoms. The second-order valence-corrected chi connectivity index (χ2v) is 10.4. The van der Waals surface area contributed by atoms with Gasteiger partial charge in [0.05, 0.1) is 4.90 Å². The Morgan fingerprint density at radius 1 is 0.966 bits per heavy atom. The molecular formula is C22H30FN3O2S. The summed E-state index contributed by atoms with van der Waals surface area (Å²) in [6, 6.07) is 14.5. The summed E-state index contributed by atoms with van der Waals surface area (Å²) < 4.78 is 40.4. The van der Waals surface area contributed by atoms with E-state index in [0.717, 1.165) is 11.3 Å². The summed E-state index contributed by atoms with van der Waals surface area (Å²) in [4.78, 5) is 2.43. The number of halogens is 1. The Kier molecular flexibility index (Phi) is 6.61. The predicted octanol–water partition coefficient (Wildman–Crippen LogP) is 3.56. The van der Waals surface area contributed by atoms with Gasteiger partial charge in [0, 0.05) is 44.0 Å². The summed E-state index contributed by atoms with van der Waals surface area (Å²) in [5, 5.41) is 3.40. The highest BCUT2D eigenvalue weighted by Gasteiger charge is 2.28. The highest BCUT2D eigenvalue weighted by molar-refractivity contribution is 7.89. The van der Waals surface area contributed by atoms with E-state index in [4.69, 9.17) is 0 Å². The van der Waals surface area contributed by atoms with Crippen molar-refractivity contribution in [2.45, 2.75) is 44.4 Å². The van der Waals surface area contributed by atoms with Crippen molar-refractivity contribution in [3.8, 4) is 0 Å². The summed E-state index contributed by atoms with van der Waals surface area (Å²) in [5.41, 5.74) is 2.64. The molecule has 1 aliphatic heterocycles. The van der Waals surface area contributed by atoms with E-state index in [2.05, 4.69) is 31.0 Å². The number of piperazine rings is 1. The summed E-state index contributed by atoms with van der Waals surface area (Å²) >= 11 is 0. The van der Waals surface area contributed by atoms with Gasteiger partial charge < -0.3 is 10.2 Å². The van der Waals surface area contributed by atoms with Gasteiger partial charge in [-0.3, -0.25) is 0 Å². The SMILES string of the molecule is CC(C)(C)NCc1ccc(S(=O)(=O)N2CCN(c3cccc(CF)c3)CC2)cc1. The van der Waals surface area contributed by atoms with Gasteiger partial charge in [0.25, 0.3) is 0 Å². The molecule has 2 aromatic carbocycles. The number of rotatable bonds is 6. The maximum Gasteiger partial charge on any atom is 0.243 e. The summed E-state index contributed by atoms with van der Waals surface area (Å²) in [6.07, 6.45) is 0. The highest BCUT2D eigenvalue weighted by atomic mass is 32.2. The lowest BCUT2D eigenvalue weighted by molar-refractivity contribution is 0.384. The molecule has 1 heterocycles. The minimum atomic E-state index is -3.51. The largest absolute Gasteiger partial charge is 0.369 e. The Morgan fingerprint density at radius 2 is 1.62 bits per heavy atom. The fraction of sp³-hybridized carbons (Fsp3) is 0.455. The number of benzene rings is 2. The van der Waals surface area contributed by atoms with Crippen LogP contribution in [0, 0.1) is 0 Å².